The van der Waals surface area contributed by atoms with Crippen molar-refractivity contribution in [2.45, 2.75) is 19.8 Å². The predicted octanol–water partition coefficient (Wildman–Crippen LogP) is 5.41. The summed E-state index contributed by atoms with van der Waals surface area (Å²) in [5.41, 5.74) is 1.89. The molecule has 2 aromatic carbocycles. The van der Waals surface area contributed by atoms with Crippen LogP contribution in [0.25, 0.3) is 6.08 Å². The van der Waals surface area contributed by atoms with E-state index in [1.54, 1.807) is 43.5 Å². The quantitative estimate of drug-likeness (QED) is 0.340. The number of nitriles is 1. The van der Waals surface area contributed by atoms with Gasteiger partial charge in [0.1, 0.15) is 11.6 Å². The molecule has 0 saturated heterocycles. The van der Waals surface area contributed by atoms with Crippen LogP contribution in [-0.2, 0) is 11.2 Å². The third-order valence-corrected chi connectivity index (χ3v) is 4.32. The first kappa shape index (κ1) is 22.1. The summed E-state index contributed by atoms with van der Waals surface area (Å²) < 4.78 is 11.3. The lowest BCUT2D eigenvalue weighted by Crippen LogP contribution is -2.13. The van der Waals surface area contributed by atoms with Crippen molar-refractivity contribution in [2.75, 3.05) is 19.0 Å². The zero-order valence-corrected chi connectivity index (χ0v) is 17.3. The molecule has 2 rings (SSSR count). The van der Waals surface area contributed by atoms with E-state index in [0.29, 0.717) is 40.8 Å². The first-order valence-corrected chi connectivity index (χ1v) is 9.54. The maximum absolute atomic E-state index is 12.5. The van der Waals surface area contributed by atoms with Crippen LogP contribution < -0.4 is 14.8 Å². The third kappa shape index (κ3) is 5.87. The van der Waals surface area contributed by atoms with Gasteiger partial charge in [-0.2, -0.15) is 5.26 Å². The van der Waals surface area contributed by atoms with Gasteiger partial charge in [-0.05, 0) is 48.7 Å². The van der Waals surface area contributed by atoms with Crippen LogP contribution >= 0.6 is 11.6 Å². The van der Waals surface area contributed by atoms with Crippen molar-refractivity contribution in [3.05, 3.63) is 70.8 Å². The average Bonchev–Trinajstić information content (AvgIpc) is 2.72. The fourth-order valence-electron chi connectivity index (χ4n) is 2.66. The summed E-state index contributed by atoms with van der Waals surface area (Å²) in [6, 6.07) is 12.4. The Morgan fingerprint density at radius 3 is 2.72 bits per heavy atom. The summed E-state index contributed by atoms with van der Waals surface area (Å²) in [4.78, 5) is 12.5. The zero-order chi connectivity index (χ0) is 21.2. The van der Waals surface area contributed by atoms with Crippen molar-refractivity contribution < 1.29 is 14.3 Å². The molecule has 0 heterocycles. The molecule has 0 atom stereocenters. The molecule has 0 aliphatic carbocycles. The molecule has 2 aromatic rings. The van der Waals surface area contributed by atoms with Crippen LogP contribution in [0.2, 0.25) is 5.02 Å². The van der Waals surface area contributed by atoms with Crippen molar-refractivity contribution in [2.24, 2.45) is 0 Å². The first-order chi connectivity index (χ1) is 14.0. The fourth-order valence-corrected chi connectivity index (χ4v) is 2.84. The largest absolute Gasteiger partial charge is 0.493 e. The molecule has 0 aliphatic heterocycles. The number of allylic oxidation sites excluding steroid dienone is 1. The Balaban J connectivity index is 2.40. The van der Waals surface area contributed by atoms with Crippen molar-refractivity contribution >= 4 is 29.3 Å². The highest BCUT2D eigenvalue weighted by Gasteiger charge is 2.15. The Labute approximate surface area is 176 Å². The summed E-state index contributed by atoms with van der Waals surface area (Å²) in [5, 5.41) is 12.5. The maximum Gasteiger partial charge on any atom is 0.266 e. The van der Waals surface area contributed by atoms with E-state index in [9.17, 15) is 10.1 Å². The SMILES string of the molecule is C=CCc1cc(/C=C(\C#N)C(=O)Nc2ccccc2Cl)cc(OC)c1OCCC. The Kier molecular flexibility index (Phi) is 8.32. The normalized spacial score (nSPS) is 10.8. The van der Waals surface area contributed by atoms with E-state index in [1.807, 2.05) is 19.1 Å². The Bertz CT molecular complexity index is 961. The van der Waals surface area contributed by atoms with E-state index in [0.717, 1.165) is 12.0 Å². The molecule has 0 fully saturated rings. The number of hydrogen-bond acceptors (Lipinski definition) is 4. The number of hydrogen-bond donors (Lipinski definition) is 1. The average molecular weight is 411 g/mol. The molecule has 5 nitrogen and oxygen atoms in total. The van der Waals surface area contributed by atoms with Gasteiger partial charge in [-0.15, -0.1) is 6.58 Å². The van der Waals surface area contributed by atoms with E-state index < -0.39 is 5.91 Å². The van der Waals surface area contributed by atoms with Gasteiger partial charge in [0.15, 0.2) is 11.5 Å². The molecule has 0 aromatic heterocycles. The van der Waals surface area contributed by atoms with Gasteiger partial charge >= 0.3 is 0 Å². The summed E-state index contributed by atoms with van der Waals surface area (Å²) >= 11 is 6.07. The number of carbonyl (C=O) groups excluding carboxylic acids is 1. The number of methoxy groups -OCH3 is 1. The second-order valence-corrected chi connectivity index (χ2v) is 6.56. The van der Waals surface area contributed by atoms with Gasteiger partial charge in [0, 0.05) is 5.56 Å². The van der Waals surface area contributed by atoms with Gasteiger partial charge in [0.25, 0.3) is 5.91 Å². The lowest BCUT2D eigenvalue weighted by atomic mass is 10.0. The molecule has 0 unspecified atom stereocenters. The summed E-state index contributed by atoms with van der Waals surface area (Å²) in [5.74, 6) is 0.634. The number of nitrogens with zero attached hydrogens (tertiary/aromatic N) is 1. The molecule has 0 radical (unpaired) electrons. The predicted molar refractivity (Wildman–Crippen MR) is 116 cm³/mol. The highest BCUT2D eigenvalue weighted by Crippen LogP contribution is 2.34. The third-order valence-electron chi connectivity index (χ3n) is 3.99. The van der Waals surface area contributed by atoms with Crippen molar-refractivity contribution in [1.82, 2.24) is 0 Å². The van der Waals surface area contributed by atoms with E-state index >= 15 is 0 Å². The van der Waals surface area contributed by atoms with Crippen LogP contribution in [0, 0.1) is 11.3 Å². The standard InChI is InChI=1S/C23H23ClN2O3/c1-4-8-17-12-16(14-21(28-3)22(17)29-11-5-2)13-18(15-25)23(27)26-20-10-7-6-9-19(20)24/h4,6-7,9-10,12-14H,1,5,8,11H2,2-3H3,(H,26,27)/b18-13+. The van der Waals surface area contributed by atoms with Crippen LogP contribution in [0.3, 0.4) is 0 Å². The number of ether oxygens (including phenoxy) is 2. The smallest absolute Gasteiger partial charge is 0.266 e. The van der Waals surface area contributed by atoms with Gasteiger partial charge in [-0.3, -0.25) is 4.79 Å². The van der Waals surface area contributed by atoms with Crippen LogP contribution in [0.15, 0.2) is 54.6 Å². The topological polar surface area (TPSA) is 71.4 Å². The minimum atomic E-state index is -0.545. The van der Waals surface area contributed by atoms with E-state index in [-0.39, 0.29) is 5.57 Å². The second-order valence-electron chi connectivity index (χ2n) is 6.16. The summed E-state index contributed by atoms with van der Waals surface area (Å²) in [7, 11) is 1.55. The highest BCUT2D eigenvalue weighted by atomic mass is 35.5. The first-order valence-electron chi connectivity index (χ1n) is 9.16. The Morgan fingerprint density at radius 2 is 2.10 bits per heavy atom. The number of rotatable bonds is 9. The number of anilines is 1. The van der Waals surface area contributed by atoms with Crippen LogP contribution in [0.4, 0.5) is 5.69 Å². The molecule has 0 bridgehead atoms. The molecular formula is C23H23ClN2O3. The lowest BCUT2D eigenvalue weighted by Gasteiger charge is -2.15. The second kappa shape index (κ2) is 10.9. The molecule has 0 aliphatic rings. The fraction of sp³-hybridized carbons (Fsp3) is 0.217. The van der Waals surface area contributed by atoms with Crippen molar-refractivity contribution in [3.63, 3.8) is 0 Å². The maximum atomic E-state index is 12.5. The molecule has 6 heteroatoms. The molecule has 1 amide bonds. The minimum absolute atomic E-state index is 0.0567. The number of nitrogens with one attached hydrogen (secondary N) is 1. The monoisotopic (exact) mass is 410 g/mol. The van der Waals surface area contributed by atoms with E-state index in [4.69, 9.17) is 21.1 Å². The van der Waals surface area contributed by atoms with E-state index in [2.05, 4.69) is 11.9 Å². The lowest BCUT2D eigenvalue weighted by molar-refractivity contribution is -0.112. The molecule has 0 spiro atoms. The van der Waals surface area contributed by atoms with E-state index in [1.165, 1.54) is 6.08 Å². The molecule has 150 valence electrons. The number of carbonyl (C=O) groups is 1. The van der Waals surface area contributed by atoms with Crippen LogP contribution in [-0.4, -0.2) is 19.6 Å². The van der Waals surface area contributed by atoms with Gasteiger partial charge in [0.2, 0.25) is 0 Å². The van der Waals surface area contributed by atoms with Gasteiger partial charge in [-0.1, -0.05) is 36.7 Å². The molecule has 29 heavy (non-hydrogen) atoms. The number of para-hydroxylation sites is 1. The molecule has 1 N–H and O–H groups in total. The Morgan fingerprint density at radius 1 is 1.34 bits per heavy atom. The zero-order valence-electron chi connectivity index (χ0n) is 16.5. The van der Waals surface area contributed by atoms with Gasteiger partial charge in [0.05, 0.1) is 24.4 Å². The number of benzene rings is 2. The van der Waals surface area contributed by atoms with Gasteiger partial charge < -0.3 is 14.8 Å². The van der Waals surface area contributed by atoms with Crippen molar-refractivity contribution in [3.8, 4) is 17.6 Å². The van der Waals surface area contributed by atoms with Crippen LogP contribution in [0.1, 0.15) is 24.5 Å². The number of halogens is 1. The molecular weight excluding hydrogens is 388 g/mol. The highest BCUT2D eigenvalue weighted by molar-refractivity contribution is 6.34. The van der Waals surface area contributed by atoms with Gasteiger partial charge in [-0.25, -0.2) is 0 Å². The van der Waals surface area contributed by atoms with Crippen molar-refractivity contribution in [1.29, 1.82) is 5.26 Å². The number of amides is 1. The summed E-state index contributed by atoms with van der Waals surface area (Å²) in [6.07, 6.45) is 4.69. The molecule has 0 saturated carbocycles. The Hall–Kier alpha value is -3.23. The summed E-state index contributed by atoms with van der Waals surface area (Å²) in [6.45, 7) is 6.36. The minimum Gasteiger partial charge on any atom is -0.493 e. The van der Waals surface area contributed by atoms with Crippen LogP contribution in [0.5, 0.6) is 11.5 Å².